The number of carbonyl (C=O) groups excluding carboxylic acids is 1. The second kappa shape index (κ2) is 10.3. The van der Waals surface area contributed by atoms with Crippen LogP contribution in [0.3, 0.4) is 0 Å². The summed E-state index contributed by atoms with van der Waals surface area (Å²) in [5.41, 5.74) is 6.51. The van der Waals surface area contributed by atoms with Crippen LogP contribution in [0.15, 0.2) is 48.1 Å². The van der Waals surface area contributed by atoms with Crippen LogP contribution >= 0.6 is 0 Å². The van der Waals surface area contributed by atoms with Crippen molar-refractivity contribution >= 4 is 12.0 Å². The van der Waals surface area contributed by atoms with Crippen LogP contribution in [-0.4, -0.2) is 17.6 Å². The molecule has 0 bridgehead atoms. The third kappa shape index (κ3) is 5.47. The van der Waals surface area contributed by atoms with Crippen LogP contribution in [0.4, 0.5) is 0 Å². The number of aryl methyl sites for hydroxylation is 3. The van der Waals surface area contributed by atoms with Gasteiger partial charge in [0.1, 0.15) is 0 Å². The van der Waals surface area contributed by atoms with E-state index in [1.54, 1.807) is 12.2 Å². The summed E-state index contributed by atoms with van der Waals surface area (Å²) in [5.74, 6) is -0.356. The minimum atomic E-state index is -0.356. The third-order valence-electron chi connectivity index (χ3n) is 4.92. The van der Waals surface area contributed by atoms with Gasteiger partial charge in [0.25, 0.3) is 0 Å². The number of rotatable bonds is 8. The van der Waals surface area contributed by atoms with Crippen molar-refractivity contribution < 1.29 is 9.53 Å². The summed E-state index contributed by atoms with van der Waals surface area (Å²) in [6.45, 7) is 6.63. The molecule has 1 aromatic carbocycles. The Kier molecular flexibility index (Phi) is 7.83. The van der Waals surface area contributed by atoms with E-state index in [4.69, 9.17) is 10.00 Å². The molecule has 0 spiro atoms. The zero-order valence-electron chi connectivity index (χ0n) is 17.2. The molecule has 1 aromatic heterocycles. The number of nitrogens with zero attached hydrogens (tertiary/aromatic N) is 2. The summed E-state index contributed by atoms with van der Waals surface area (Å²) in [6, 6.07) is 13.0. The normalized spacial score (nSPS) is 11.6. The van der Waals surface area contributed by atoms with E-state index in [2.05, 4.69) is 54.8 Å². The molecule has 4 nitrogen and oxygen atoms in total. The van der Waals surface area contributed by atoms with Gasteiger partial charge in [0.05, 0.1) is 25.2 Å². The zero-order valence-corrected chi connectivity index (χ0v) is 17.2. The highest BCUT2D eigenvalue weighted by molar-refractivity contribution is 5.92. The molecular formula is C24H28N2O2. The Labute approximate surface area is 167 Å². The number of methoxy groups -OCH3 is 1. The van der Waals surface area contributed by atoms with Crippen LogP contribution in [0, 0.1) is 25.2 Å². The molecule has 0 saturated carbocycles. The van der Waals surface area contributed by atoms with Gasteiger partial charge >= 0.3 is 5.97 Å². The van der Waals surface area contributed by atoms with Gasteiger partial charge < -0.3 is 9.30 Å². The van der Waals surface area contributed by atoms with Crippen LogP contribution in [0.25, 0.3) is 6.08 Å². The van der Waals surface area contributed by atoms with Crippen molar-refractivity contribution in [3.8, 4) is 6.07 Å². The highest BCUT2D eigenvalue weighted by Crippen LogP contribution is 2.21. The van der Waals surface area contributed by atoms with E-state index in [-0.39, 0.29) is 5.97 Å². The Morgan fingerprint density at radius 3 is 2.54 bits per heavy atom. The summed E-state index contributed by atoms with van der Waals surface area (Å²) in [7, 11) is 1.38. The topological polar surface area (TPSA) is 55.0 Å². The summed E-state index contributed by atoms with van der Waals surface area (Å²) < 4.78 is 6.95. The predicted octanol–water partition coefficient (Wildman–Crippen LogP) is 4.94. The standard InChI is InChI=1S/C24H28N2O2/c1-5-21(24(27)28-4)13-14-23-17-22(19(3)26(23)16-6-15-25)12-11-20-9-7-18(2)8-10-20/h5,7-10,13-14,17H,6,11-12,16H2,1-4H3/b14-13-,21-5+. The van der Waals surface area contributed by atoms with Crippen molar-refractivity contribution in [3.05, 3.63) is 76.1 Å². The quantitative estimate of drug-likeness (QED) is 0.373. The molecule has 0 saturated heterocycles. The monoisotopic (exact) mass is 376 g/mol. The highest BCUT2D eigenvalue weighted by Gasteiger charge is 2.11. The van der Waals surface area contributed by atoms with E-state index in [1.807, 2.05) is 13.0 Å². The number of aromatic nitrogens is 1. The second-order valence-corrected chi connectivity index (χ2v) is 6.79. The summed E-state index contributed by atoms with van der Waals surface area (Å²) in [6.07, 6.45) is 7.77. The lowest BCUT2D eigenvalue weighted by Crippen LogP contribution is -2.04. The first-order valence-electron chi connectivity index (χ1n) is 9.54. The second-order valence-electron chi connectivity index (χ2n) is 6.79. The number of esters is 1. The van der Waals surface area contributed by atoms with E-state index < -0.39 is 0 Å². The van der Waals surface area contributed by atoms with Crippen molar-refractivity contribution in [1.82, 2.24) is 4.57 Å². The van der Waals surface area contributed by atoms with Gasteiger partial charge in [-0.1, -0.05) is 35.9 Å². The molecule has 0 aliphatic carbocycles. The molecule has 0 aliphatic heterocycles. The fourth-order valence-corrected chi connectivity index (χ4v) is 3.19. The Bertz CT molecular complexity index is 909. The van der Waals surface area contributed by atoms with Crippen LogP contribution < -0.4 is 0 Å². The number of nitriles is 1. The van der Waals surface area contributed by atoms with Crippen LogP contribution in [0.5, 0.6) is 0 Å². The Morgan fingerprint density at radius 2 is 1.93 bits per heavy atom. The van der Waals surface area contributed by atoms with Crippen molar-refractivity contribution in [2.45, 2.75) is 46.6 Å². The number of ether oxygens (including phenoxy) is 1. The van der Waals surface area contributed by atoms with Gasteiger partial charge in [-0.15, -0.1) is 0 Å². The lowest BCUT2D eigenvalue weighted by Gasteiger charge is -2.08. The average molecular weight is 377 g/mol. The van der Waals surface area contributed by atoms with Crippen molar-refractivity contribution in [2.24, 2.45) is 0 Å². The summed E-state index contributed by atoms with van der Waals surface area (Å²) >= 11 is 0. The molecule has 0 radical (unpaired) electrons. The van der Waals surface area contributed by atoms with Gasteiger partial charge in [-0.3, -0.25) is 0 Å². The minimum absolute atomic E-state index is 0.356. The van der Waals surface area contributed by atoms with Crippen molar-refractivity contribution in [2.75, 3.05) is 7.11 Å². The molecule has 0 fully saturated rings. The van der Waals surface area contributed by atoms with Gasteiger partial charge in [0.15, 0.2) is 0 Å². The van der Waals surface area contributed by atoms with E-state index in [9.17, 15) is 4.79 Å². The first-order valence-corrected chi connectivity index (χ1v) is 9.54. The number of hydrogen-bond donors (Lipinski definition) is 0. The largest absolute Gasteiger partial charge is 0.465 e. The summed E-state index contributed by atoms with van der Waals surface area (Å²) in [4.78, 5) is 11.8. The zero-order chi connectivity index (χ0) is 20.5. The van der Waals surface area contributed by atoms with E-state index in [0.717, 1.165) is 18.5 Å². The third-order valence-corrected chi connectivity index (χ3v) is 4.92. The SMILES string of the molecule is C/C=C(\C=C/c1cc(CCc2ccc(C)cc2)c(C)n1CCC#N)C(=O)OC. The number of carbonyl (C=O) groups is 1. The minimum Gasteiger partial charge on any atom is -0.465 e. The fraction of sp³-hybridized carbons (Fsp3) is 0.333. The molecule has 0 unspecified atom stereocenters. The van der Waals surface area contributed by atoms with Gasteiger partial charge in [-0.05, 0) is 63.0 Å². The number of benzene rings is 1. The molecule has 0 N–H and O–H groups in total. The molecule has 4 heteroatoms. The van der Waals surface area contributed by atoms with Crippen LogP contribution in [0.1, 0.15) is 41.4 Å². The van der Waals surface area contributed by atoms with E-state index >= 15 is 0 Å². The predicted molar refractivity (Wildman–Crippen MR) is 113 cm³/mol. The van der Waals surface area contributed by atoms with E-state index in [0.29, 0.717) is 18.5 Å². The maximum absolute atomic E-state index is 11.8. The Hall–Kier alpha value is -3.06. The molecule has 146 valence electrons. The Balaban J connectivity index is 2.26. The average Bonchev–Trinajstić information content (AvgIpc) is 3.00. The maximum Gasteiger partial charge on any atom is 0.337 e. The van der Waals surface area contributed by atoms with E-state index in [1.165, 1.54) is 29.5 Å². The van der Waals surface area contributed by atoms with Gasteiger partial charge in [0.2, 0.25) is 0 Å². The van der Waals surface area contributed by atoms with Crippen molar-refractivity contribution in [3.63, 3.8) is 0 Å². The maximum atomic E-state index is 11.8. The van der Waals surface area contributed by atoms with Crippen LogP contribution in [0.2, 0.25) is 0 Å². The van der Waals surface area contributed by atoms with Gasteiger partial charge in [0, 0.05) is 17.9 Å². The smallest absolute Gasteiger partial charge is 0.337 e. The highest BCUT2D eigenvalue weighted by atomic mass is 16.5. The molecule has 28 heavy (non-hydrogen) atoms. The molecule has 2 rings (SSSR count). The van der Waals surface area contributed by atoms with Gasteiger partial charge in [-0.25, -0.2) is 4.79 Å². The molecule has 2 aromatic rings. The molecule has 0 atom stereocenters. The number of hydrogen-bond acceptors (Lipinski definition) is 3. The fourth-order valence-electron chi connectivity index (χ4n) is 3.19. The molecule has 0 amide bonds. The lowest BCUT2D eigenvalue weighted by molar-refractivity contribution is -0.135. The first-order chi connectivity index (χ1) is 13.5. The van der Waals surface area contributed by atoms with Crippen LogP contribution in [-0.2, 0) is 28.9 Å². The molecular weight excluding hydrogens is 348 g/mol. The molecule has 1 heterocycles. The first kappa shape index (κ1) is 21.2. The summed E-state index contributed by atoms with van der Waals surface area (Å²) in [5, 5.41) is 9.00. The van der Waals surface area contributed by atoms with Crippen molar-refractivity contribution in [1.29, 1.82) is 5.26 Å². The number of allylic oxidation sites excluding steroid dienone is 1. The molecule has 0 aliphatic rings. The Morgan fingerprint density at radius 1 is 1.21 bits per heavy atom. The lowest BCUT2D eigenvalue weighted by atomic mass is 10.0. The van der Waals surface area contributed by atoms with Gasteiger partial charge in [-0.2, -0.15) is 5.26 Å².